The lowest BCUT2D eigenvalue weighted by Gasteiger charge is -2.10. The van der Waals surface area contributed by atoms with Gasteiger partial charge in [0.2, 0.25) is 5.91 Å². The smallest absolute Gasteiger partial charge is 0.269 e. The van der Waals surface area contributed by atoms with Gasteiger partial charge < -0.3 is 10.1 Å². The summed E-state index contributed by atoms with van der Waals surface area (Å²) in [5.41, 5.74) is 0.0775. The van der Waals surface area contributed by atoms with Gasteiger partial charge in [-0.15, -0.1) is 11.8 Å². The predicted molar refractivity (Wildman–Crippen MR) is 80.4 cm³/mol. The third-order valence-corrected chi connectivity index (χ3v) is 4.21. The van der Waals surface area contributed by atoms with Gasteiger partial charge in [0, 0.05) is 42.4 Å². The average Bonchev–Trinajstić information content (AvgIpc) is 2.99. The Morgan fingerprint density at radius 1 is 1.43 bits per heavy atom. The Morgan fingerprint density at radius 3 is 2.81 bits per heavy atom. The molecule has 1 aromatic rings. The Hall–Kier alpha value is -1.60. The summed E-state index contributed by atoms with van der Waals surface area (Å²) in [7, 11) is 0. The summed E-state index contributed by atoms with van der Waals surface area (Å²) in [5.74, 6) is 0.662. The highest BCUT2D eigenvalue weighted by molar-refractivity contribution is 7.99. The van der Waals surface area contributed by atoms with Crippen molar-refractivity contribution in [1.29, 1.82) is 0 Å². The molecule has 0 bridgehead atoms. The van der Waals surface area contributed by atoms with E-state index in [9.17, 15) is 14.9 Å². The second-order valence-electron chi connectivity index (χ2n) is 4.79. The van der Waals surface area contributed by atoms with Gasteiger partial charge in [-0.2, -0.15) is 0 Å². The number of thioether (sulfide) groups is 1. The molecular formula is C14H18N2O4S. The number of carbonyl (C=O) groups is 1. The minimum Gasteiger partial charge on any atom is -0.376 e. The quantitative estimate of drug-likeness (QED) is 0.475. The van der Waals surface area contributed by atoms with Gasteiger partial charge in [0.15, 0.2) is 0 Å². The molecule has 0 aromatic heterocycles. The van der Waals surface area contributed by atoms with Crippen molar-refractivity contribution in [3.8, 4) is 0 Å². The van der Waals surface area contributed by atoms with E-state index in [1.165, 1.54) is 23.9 Å². The fourth-order valence-corrected chi connectivity index (χ4v) is 2.90. The van der Waals surface area contributed by atoms with Gasteiger partial charge in [-0.3, -0.25) is 14.9 Å². The summed E-state index contributed by atoms with van der Waals surface area (Å²) in [6.45, 7) is 1.37. The van der Waals surface area contributed by atoms with E-state index >= 15 is 0 Å². The number of nitrogens with zero attached hydrogens (tertiary/aromatic N) is 1. The van der Waals surface area contributed by atoms with Crippen LogP contribution in [0.2, 0.25) is 0 Å². The van der Waals surface area contributed by atoms with E-state index in [2.05, 4.69) is 5.32 Å². The van der Waals surface area contributed by atoms with Crippen LogP contribution in [0.15, 0.2) is 29.2 Å². The molecule has 1 aromatic carbocycles. The maximum atomic E-state index is 11.7. The van der Waals surface area contributed by atoms with Crippen LogP contribution in [0.3, 0.4) is 0 Å². The van der Waals surface area contributed by atoms with Crippen molar-refractivity contribution in [1.82, 2.24) is 5.32 Å². The Balaban J connectivity index is 1.63. The molecular weight excluding hydrogens is 292 g/mol. The third-order valence-electron chi connectivity index (χ3n) is 3.20. The first-order valence-corrected chi connectivity index (χ1v) is 7.89. The van der Waals surface area contributed by atoms with Gasteiger partial charge >= 0.3 is 0 Å². The highest BCUT2D eigenvalue weighted by Crippen LogP contribution is 2.21. The number of nitro benzene ring substituents is 1. The molecule has 1 N–H and O–H groups in total. The molecule has 7 heteroatoms. The van der Waals surface area contributed by atoms with E-state index in [1.807, 2.05) is 0 Å². The first-order valence-electron chi connectivity index (χ1n) is 6.91. The fourth-order valence-electron chi connectivity index (χ4n) is 2.05. The number of amides is 1. The van der Waals surface area contributed by atoms with Crippen molar-refractivity contribution in [3.05, 3.63) is 34.4 Å². The summed E-state index contributed by atoms with van der Waals surface area (Å²) < 4.78 is 5.43. The number of hydrogen-bond donors (Lipinski definition) is 1. The average molecular weight is 310 g/mol. The van der Waals surface area contributed by atoms with Crippen molar-refractivity contribution >= 4 is 23.4 Å². The van der Waals surface area contributed by atoms with E-state index in [4.69, 9.17) is 4.74 Å². The van der Waals surface area contributed by atoms with Crippen molar-refractivity contribution < 1.29 is 14.5 Å². The molecule has 0 radical (unpaired) electrons. The molecule has 1 aliphatic heterocycles. The monoisotopic (exact) mass is 310 g/mol. The van der Waals surface area contributed by atoms with Crippen LogP contribution in [0.4, 0.5) is 5.69 Å². The largest absolute Gasteiger partial charge is 0.376 e. The topological polar surface area (TPSA) is 81.5 Å². The first-order chi connectivity index (χ1) is 10.1. The van der Waals surface area contributed by atoms with Gasteiger partial charge in [-0.05, 0) is 25.0 Å². The molecule has 1 amide bonds. The summed E-state index contributed by atoms with van der Waals surface area (Å²) >= 11 is 1.51. The number of nitro groups is 1. The van der Waals surface area contributed by atoms with Gasteiger partial charge in [0.05, 0.1) is 11.0 Å². The Labute approximate surface area is 127 Å². The summed E-state index contributed by atoms with van der Waals surface area (Å²) in [6.07, 6.45) is 2.67. The Morgan fingerprint density at radius 2 is 2.19 bits per heavy atom. The Bertz CT molecular complexity index is 486. The lowest BCUT2D eigenvalue weighted by atomic mass is 10.2. The van der Waals surface area contributed by atoms with Gasteiger partial charge in [-0.25, -0.2) is 0 Å². The predicted octanol–water partition coefficient (Wildman–Crippen LogP) is 2.37. The van der Waals surface area contributed by atoms with E-state index in [0.717, 1.165) is 24.3 Å². The van der Waals surface area contributed by atoms with Crippen LogP contribution in [0, 0.1) is 10.1 Å². The zero-order chi connectivity index (χ0) is 15.1. The number of nitrogens with one attached hydrogen (secondary N) is 1. The minimum atomic E-state index is -0.424. The highest BCUT2D eigenvalue weighted by atomic mass is 32.2. The maximum Gasteiger partial charge on any atom is 0.269 e. The summed E-state index contributed by atoms with van der Waals surface area (Å²) in [4.78, 5) is 22.7. The second-order valence-corrected chi connectivity index (χ2v) is 5.96. The Kier molecular flexibility index (Phi) is 6.01. The first kappa shape index (κ1) is 15.8. The molecule has 0 spiro atoms. The molecule has 1 saturated heterocycles. The van der Waals surface area contributed by atoms with Crippen molar-refractivity contribution in [3.63, 3.8) is 0 Å². The lowest BCUT2D eigenvalue weighted by Crippen LogP contribution is -2.31. The number of ether oxygens (including phenoxy) is 1. The molecule has 2 rings (SSSR count). The van der Waals surface area contributed by atoms with Crippen molar-refractivity contribution in [2.75, 3.05) is 18.9 Å². The minimum absolute atomic E-state index is 0.0138. The molecule has 1 heterocycles. The maximum absolute atomic E-state index is 11.7. The molecule has 1 fully saturated rings. The van der Waals surface area contributed by atoms with Crippen LogP contribution >= 0.6 is 11.8 Å². The van der Waals surface area contributed by atoms with E-state index in [1.54, 1.807) is 12.1 Å². The molecule has 1 aliphatic rings. The number of hydrogen-bond acceptors (Lipinski definition) is 5. The van der Waals surface area contributed by atoms with Gasteiger partial charge in [0.1, 0.15) is 0 Å². The van der Waals surface area contributed by atoms with Crippen molar-refractivity contribution in [2.24, 2.45) is 0 Å². The third kappa shape index (κ3) is 5.35. The lowest BCUT2D eigenvalue weighted by molar-refractivity contribution is -0.384. The van der Waals surface area contributed by atoms with Crippen LogP contribution < -0.4 is 5.32 Å². The molecule has 0 saturated carbocycles. The highest BCUT2D eigenvalue weighted by Gasteiger charge is 2.15. The normalized spacial score (nSPS) is 17.6. The zero-order valence-corrected chi connectivity index (χ0v) is 12.4. The van der Waals surface area contributed by atoms with E-state index in [0.29, 0.717) is 18.7 Å². The number of rotatable bonds is 7. The van der Waals surface area contributed by atoms with Crippen LogP contribution in [0.25, 0.3) is 0 Å². The van der Waals surface area contributed by atoms with Crippen molar-refractivity contribution in [2.45, 2.75) is 30.3 Å². The number of non-ortho nitro benzene ring substituents is 1. The fraction of sp³-hybridized carbons (Fsp3) is 0.500. The standard InChI is InChI=1S/C14H18N2O4S/c17-14(15-10-12-2-1-8-20-12)7-9-21-13-5-3-11(4-6-13)16(18)19/h3-6,12H,1-2,7-10H2,(H,15,17). The van der Waals surface area contributed by atoms with Gasteiger partial charge in [0.25, 0.3) is 5.69 Å². The molecule has 1 atom stereocenters. The van der Waals surface area contributed by atoms with Crippen LogP contribution in [0.5, 0.6) is 0 Å². The SMILES string of the molecule is O=C(CCSc1ccc([N+](=O)[O-])cc1)NCC1CCCO1. The summed E-state index contributed by atoms with van der Waals surface area (Å²) in [5, 5.41) is 13.4. The van der Waals surface area contributed by atoms with E-state index in [-0.39, 0.29) is 17.7 Å². The molecule has 1 unspecified atom stereocenters. The van der Waals surface area contributed by atoms with Crippen LogP contribution in [-0.2, 0) is 9.53 Å². The summed E-state index contributed by atoms with van der Waals surface area (Å²) in [6, 6.07) is 6.35. The van der Waals surface area contributed by atoms with Gasteiger partial charge in [-0.1, -0.05) is 0 Å². The molecule has 114 valence electrons. The second kappa shape index (κ2) is 7.99. The molecule has 0 aliphatic carbocycles. The number of carbonyl (C=O) groups excluding carboxylic acids is 1. The molecule has 6 nitrogen and oxygen atoms in total. The molecule has 21 heavy (non-hydrogen) atoms. The van der Waals surface area contributed by atoms with E-state index < -0.39 is 4.92 Å². The van der Waals surface area contributed by atoms with Crippen LogP contribution in [0.1, 0.15) is 19.3 Å². The number of benzene rings is 1. The zero-order valence-electron chi connectivity index (χ0n) is 11.6. The van der Waals surface area contributed by atoms with Crippen LogP contribution in [-0.4, -0.2) is 35.8 Å².